The van der Waals surface area contributed by atoms with Gasteiger partial charge in [-0.1, -0.05) is 72.8 Å². The Balaban J connectivity index is 1.68. The molecule has 0 bridgehead atoms. The first-order chi connectivity index (χ1) is 17.9. The SMILES string of the molecule is c1ccc(-n2c3cccnc3c3cnc4c5ccccc5n(-c5cccc6ccccc56)c4c32)cc1. The zero-order valence-corrected chi connectivity index (χ0v) is 19.3. The van der Waals surface area contributed by atoms with Crippen molar-refractivity contribution in [1.82, 2.24) is 19.1 Å². The van der Waals surface area contributed by atoms with Crippen LogP contribution in [0, 0.1) is 0 Å². The molecular weight excluding hydrogens is 440 g/mol. The Morgan fingerprint density at radius 2 is 1.22 bits per heavy atom. The van der Waals surface area contributed by atoms with Crippen molar-refractivity contribution < 1.29 is 0 Å². The molecule has 0 aliphatic carbocycles. The smallest absolute Gasteiger partial charge is 0.0985 e. The number of fused-ring (bicyclic) bond motifs is 8. The number of hydrogen-bond donors (Lipinski definition) is 0. The summed E-state index contributed by atoms with van der Waals surface area (Å²) in [5.74, 6) is 0. The van der Waals surface area contributed by atoms with Gasteiger partial charge in [0.15, 0.2) is 0 Å². The van der Waals surface area contributed by atoms with E-state index in [2.05, 4.69) is 112 Å². The molecule has 4 heterocycles. The van der Waals surface area contributed by atoms with E-state index in [0.717, 1.165) is 55.2 Å². The fourth-order valence-corrected chi connectivity index (χ4v) is 5.69. The molecule has 4 heteroatoms. The van der Waals surface area contributed by atoms with Crippen LogP contribution in [0.3, 0.4) is 0 Å². The third-order valence-corrected chi connectivity index (χ3v) is 7.18. The van der Waals surface area contributed by atoms with Crippen LogP contribution in [0.25, 0.3) is 66.0 Å². The van der Waals surface area contributed by atoms with Crippen LogP contribution in [-0.4, -0.2) is 19.1 Å². The predicted molar refractivity (Wildman–Crippen MR) is 148 cm³/mol. The summed E-state index contributed by atoms with van der Waals surface area (Å²) in [5, 5.41) is 4.61. The molecule has 0 aliphatic rings. The van der Waals surface area contributed by atoms with Gasteiger partial charge in [-0.2, -0.15) is 0 Å². The summed E-state index contributed by atoms with van der Waals surface area (Å²) >= 11 is 0. The van der Waals surface area contributed by atoms with Crippen LogP contribution >= 0.6 is 0 Å². The van der Waals surface area contributed by atoms with Gasteiger partial charge >= 0.3 is 0 Å². The van der Waals surface area contributed by atoms with Gasteiger partial charge in [0.25, 0.3) is 0 Å². The molecule has 4 aromatic carbocycles. The zero-order chi connectivity index (χ0) is 23.6. The minimum atomic E-state index is 0.959. The van der Waals surface area contributed by atoms with E-state index in [0.29, 0.717) is 0 Å². The van der Waals surface area contributed by atoms with Gasteiger partial charge in [0.05, 0.1) is 38.8 Å². The highest BCUT2D eigenvalue weighted by Gasteiger charge is 2.22. The van der Waals surface area contributed by atoms with Crippen LogP contribution in [0.4, 0.5) is 0 Å². The fraction of sp³-hybridized carbons (Fsp3) is 0. The molecule has 0 atom stereocenters. The standard InChI is InChI=1S/C32H20N4/c1-2-12-22(13-3-1)35-28-18-9-19-33-29(28)25-20-34-30-24-15-6-7-16-27(24)36(32(30)31(25)35)26-17-8-11-21-10-4-5-14-23(21)26/h1-20H. The van der Waals surface area contributed by atoms with Gasteiger partial charge < -0.3 is 9.13 Å². The van der Waals surface area contributed by atoms with Crippen LogP contribution < -0.4 is 0 Å². The molecule has 36 heavy (non-hydrogen) atoms. The highest BCUT2D eigenvalue weighted by molar-refractivity contribution is 6.21. The Morgan fingerprint density at radius 3 is 2.14 bits per heavy atom. The predicted octanol–water partition coefficient (Wildman–Crippen LogP) is 7.82. The van der Waals surface area contributed by atoms with Gasteiger partial charge in [-0.15, -0.1) is 0 Å². The molecule has 0 saturated carbocycles. The second-order valence-electron chi connectivity index (χ2n) is 9.11. The molecule has 0 aliphatic heterocycles. The van der Waals surface area contributed by atoms with Crippen LogP contribution in [0.15, 0.2) is 122 Å². The van der Waals surface area contributed by atoms with Gasteiger partial charge in [-0.25, -0.2) is 0 Å². The van der Waals surface area contributed by atoms with E-state index < -0.39 is 0 Å². The number of rotatable bonds is 2. The van der Waals surface area contributed by atoms with E-state index in [4.69, 9.17) is 9.97 Å². The molecule has 0 amide bonds. The van der Waals surface area contributed by atoms with Crippen molar-refractivity contribution in [3.05, 3.63) is 122 Å². The second-order valence-corrected chi connectivity index (χ2v) is 9.11. The Kier molecular flexibility index (Phi) is 3.91. The van der Waals surface area contributed by atoms with Gasteiger partial charge in [0.1, 0.15) is 0 Å². The topological polar surface area (TPSA) is 35.6 Å². The van der Waals surface area contributed by atoms with E-state index in [9.17, 15) is 0 Å². The Morgan fingerprint density at radius 1 is 0.472 bits per heavy atom. The first-order valence-corrected chi connectivity index (χ1v) is 12.1. The molecule has 8 aromatic rings. The molecule has 0 spiro atoms. The maximum absolute atomic E-state index is 5.05. The molecule has 0 N–H and O–H groups in total. The van der Waals surface area contributed by atoms with Gasteiger partial charge in [-0.3, -0.25) is 9.97 Å². The van der Waals surface area contributed by atoms with Crippen molar-refractivity contribution in [2.45, 2.75) is 0 Å². The molecule has 0 fully saturated rings. The van der Waals surface area contributed by atoms with E-state index in [1.807, 2.05) is 18.5 Å². The second kappa shape index (κ2) is 7.27. The normalized spacial score (nSPS) is 11.9. The maximum atomic E-state index is 5.05. The van der Waals surface area contributed by atoms with E-state index in [1.165, 1.54) is 10.8 Å². The first kappa shape index (κ1) is 19.4. The summed E-state index contributed by atoms with van der Waals surface area (Å²) in [4.78, 5) is 9.85. The molecule has 4 nitrogen and oxygen atoms in total. The summed E-state index contributed by atoms with van der Waals surface area (Å²) in [6.45, 7) is 0. The number of hydrogen-bond acceptors (Lipinski definition) is 2. The average Bonchev–Trinajstić information content (AvgIpc) is 3.46. The molecular formula is C32H20N4. The van der Waals surface area contributed by atoms with E-state index in [-0.39, 0.29) is 0 Å². The largest absolute Gasteiger partial charge is 0.305 e. The lowest BCUT2D eigenvalue weighted by atomic mass is 10.1. The lowest BCUT2D eigenvalue weighted by molar-refractivity contribution is 1.15. The van der Waals surface area contributed by atoms with Crippen molar-refractivity contribution in [3.63, 3.8) is 0 Å². The van der Waals surface area contributed by atoms with Crippen molar-refractivity contribution in [3.8, 4) is 11.4 Å². The highest BCUT2D eigenvalue weighted by Crippen LogP contribution is 2.40. The molecule has 0 radical (unpaired) electrons. The van der Waals surface area contributed by atoms with Crippen molar-refractivity contribution in [1.29, 1.82) is 0 Å². The highest BCUT2D eigenvalue weighted by atomic mass is 15.1. The Bertz CT molecular complexity index is 2090. The molecule has 0 unspecified atom stereocenters. The zero-order valence-electron chi connectivity index (χ0n) is 19.3. The number of aromatic nitrogens is 4. The first-order valence-electron chi connectivity index (χ1n) is 12.1. The summed E-state index contributed by atoms with van der Waals surface area (Å²) in [7, 11) is 0. The van der Waals surface area contributed by atoms with Crippen LogP contribution in [0.2, 0.25) is 0 Å². The number of nitrogens with zero attached hydrogens (tertiary/aromatic N) is 4. The quantitative estimate of drug-likeness (QED) is 0.264. The summed E-state index contributed by atoms with van der Waals surface area (Å²) in [6.07, 6.45) is 3.86. The minimum Gasteiger partial charge on any atom is -0.305 e. The monoisotopic (exact) mass is 460 g/mol. The summed E-state index contributed by atoms with van der Waals surface area (Å²) < 4.78 is 4.73. The number of para-hydroxylation sites is 2. The average molecular weight is 461 g/mol. The molecule has 168 valence electrons. The Labute approximate surface area is 206 Å². The molecule has 0 saturated heterocycles. The minimum absolute atomic E-state index is 0.959. The number of benzene rings is 4. The van der Waals surface area contributed by atoms with Crippen molar-refractivity contribution >= 4 is 54.6 Å². The Hall–Kier alpha value is -4.96. The van der Waals surface area contributed by atoms with Crippen molar-refractivity contribution in [2.75, 3.05) is 0 Å². The van der Waals surface area contributed by atoms with Crippen molar-refractivity contribution in [2.24, 2.45) is 0 Å². The lowest BCUT2D eigenvalue weighted by Crippen LogP contribution is -1.99. The van der Waals surface area contributed by atoms with Gasteiger partial charge in [-0.05, 0) is 41.8 Å². The van der Waals surface area contributed by atoms with Gasteiger partial charge in [0.2, 0.25) is 0 Å². The molecule has 4 aromatic heterocycles. The third-order valence-electron chi connectivity index (χ3n) is 7.18. The lowest BCUT2D eigenvalue weighted by Gasteiger charge is -2.14. The summed E-state index contributed by atoms with van der Waals surface area (Å²) in [6, 6.07) is 38.3. The number of pyridine rings is 2. The molecule has 8 rings (SSSR count). The third kappa shape index (κ3) is 2.53. The summed E-state index contributed by atoms with van der Waals surface area (Å²) in [5.41, 5.74) is 8.62. The van der Waals surface area contributed by atoms with Crippen LogP contribution in [-0.2, 0) is 0 Å². The van der Waals surface area contributed by atoms with Gasteiger partial charge in [0, 0.05) is 34.2 Å². The van der Waals surface area contributed by atoms with E-state index in [1.54, 1.807) is 0 Å². The van der Waals surface area contributed by atoms with E-state index >= 15 is 0 Å². The maximum Gasteiger partial charge on any atom is 0.0985 e. The van der Waals surface area contributed by atoms with Crippen LogP contribution in [0.5, 0.6) is 0 Å². The fourth-order valence-electron chi connectivity index (χ4n) is 5.69. The van der Waals surface area contributed by atoms with Crippen LogP contribution in [0.1, 0.15) is 0 Å².